The Morgan fingerprint density at radius 2 is 2.08 bits per heavy atom. The maximum atomic E-state index is 12.3. The molecule has 0 aliphatic carbocycles. The van der Waals surface area contributed by atoms with Crippen LogP contribution in [0.15, 0.2) is 53.9 Å². The van der Waals surface area contributed by atoms with Crippen molar-refractivity contribution in [3.63, 3.8) is 0 Å². The fourth-order valence-electron chi connectivity index (χ4n) is 2.59. The minimum atomic E-state index is -0.0585. The van der Waals surface area contributed by atoms with Crippen molar-refractivity contribution in [3.8, 4) is 11.4 Å². The Balaban J connectivity index is 1.66. The van der Waals surface area contributed by atoms with Crippen molar-refractivity contribution < 1.29 is 4.79 Å². The van der Waals surface area contributed by atoms with Crippen molar-refractivity contribution in [3.05, 3.63) is 54.4 Å². The number of carbonyl (C=O) groups excluding carboxylic acids is 1. The van der Waals surface area contributed by atoms with Gasteiger partial charge in [-0.3, -0.25) is 9.78 Å². The van der Waals surface area contributed by atoms with E-state index in [0.29, 0.717) is 0 Å². The van der Waals surface area contributed by atoms with E-state index in [4.69, 9.17) is 0 Å². The zero-order chi connectivity index (χ0) is 18.4. The van der Waals surface area contributed by atoms with Gasteiger partial charge < -0.3 is 9.88 Å². The Morgan fingerprint density at radius 3 is 2.81 bits per heavy atom. The second-order valence-electron chi connectivity index (χ2n) is 5.68. The molecule has 7 heteroatoms. The van der Waals surface area contributed by atoms with Crippen LogP contribution >= 0.6 is 11.8 Å². The van der Waals surface area contributed by atoms with Gasteiger partial charge in [0.25, 0.3) is 0 Å². The molecule has 0 atom stereocenters. The smallest absolute Gasteiger partial charge is 0.234 e. The van der Waals surface area contributed by atoms with Gasteiger partial charge in [0.15, 0.2) is 11.0 Å². The van der Waals surface area contributed by atoms with Crippen molar-refractivity contribution in [1.29, 1.82) is 0 Å². The van der Waals surface area contributed by atoms with Crippen molar-refractivity contribution in [2.45, 2.75) is 32.0 Å². The predicted molar refractivity (Wildman–Crippen MR) is 104 cm³/mol. The zero-order valence-corrected chi connectivity index (χ0v) is 15.7. The van der Waals surface area contributed by atoms with E-state index in [1.807, 2.05) is 47.9 Å². The molecule has 1 N–H and O–H groups in total. The second-order valence-corrected chi connectivity index (χ2v) is 6.63. The van der Waals surface area contributed by atoms with Crippen LogP contribution in [0.2, 0.25) is 0 Å². The summed E-state index contributed by atoms with van der Waals surface area (Å²) in [6.07, 6.45) is 4.43. The quantitative estimate of drug-likeness (QED) is 0.645. The first-order valence-corrected chi connectivity index (χ1v) is 9.55. The maximum absolute atomic E-state index is 12.3. The Labute approximate surface area is 157 Å². The summed E-state index contributed by atoms with van der Waals surface area (Å²) >= 11 is 1.38. The number of carbonyl (C=O) groups is 1. The molecule has 0 aliphatic heterocycles. The molecule has 0 spiro atoms. The van der Waals surface area contributed by atoms with Crippen molar-refractivity contribution in [2.75, 3.05) is 11.1 Å². The molecule has 0 radical (unpaired) electrons. The summed E-state index contributed by atoms with van der Waals surface area (Å²) in [7, 11) is 0. The molecular weight excluding hydrogens is 346 g/mol. The van der Waals surface area contributed by atoms with E-state index in [-0.39, 0.29) is 11.7 Å². The van der Waals surface area contributed by atoms with Gasteiger partial charge in [0.2, 0.25) is 5.91 Å². The van der Waals surface area contributed by atoms with E-state index >= 15 is 0 Å². The van der Waals surface area contributed by atoms with Gasteiger partial charge in [-0.1, -0.05) is 30.8 Å². The third kappa shape index (κ3) is 4.29. The fraction of sp³-hybridized carbons (Fsp3) is 0.263. The van der Waals surface area contributed by atoms with Gasteiger partial charge in [0.1, 0.15) is 0 Å². The number of hydrogen-bond acceptors (Lipinski definition) is 5. The van der Waals surface area contributed by atoms with Gasteiger partial charge in [-0.25, -0.2) is 0 Å². The number of rotatable bonds is 7. The minimum Gasteiger partial charge on any atom is -0.325 e. The first-order valence-electron chi connectivity index (χ1n) is 8.56. The summed E-state index contributed by atoms with van der Waals surface area (Å²) in [6.45, 7) is 4.84. The number of anilines is 1. The molecule has 3 rings (SSSR count). The van der Waals surface area contributed by atoms with Gasteiger partial charge in [-0.15, -0.1) is 10.2 Å². The molecule has 0 saturated carbocycles. The van der Waals surface area contributed by atoms with Crippen LogP contribution in [0.1, 0.15) is 19.4 Å². The number of benzene rings is 1. The number of aryl methyl sites for hydroxylation is 1. The summed E-state index contributed by atoms with van der Waals surface area (Å²) in [4.78, 5) is 16.4. The van der Waals surface area contributed by atoms with E-state index in [2.05, 4.69) is 27.4 Å². The highest BCUT2D eigenvalue weighted by atomic mass is 32.2. The monoisotopic (exact) mass is 367 g/mol. The number of amides is 1. The lowest BCUT2D eigenvalue weighted by atomic mass is 10.1. The highest BCUT2D eigenvalue weighted by molar-refractivity contribution is 7.99. The number of thioether (sulfide) groups is 1. The molecule has 2 aromatic heterocycles. The van der Waals surface area contributed by atoms with Crippen molar-refractivity contribution in [2.24, 2.45) is 0 Å². The first kappa shape index (κ1) is 18.1. The molecule has 134 valence electrons. The molecule has 2 heterocycles. The van der Waals surface area contributed by atoms with Crippen LogP contribution < -0.4 is 5.32 Å². The van der Waals surface area contributed by atoms with E-state index in [1.54, 1.807) is 12.4 Å². The number of nitrogens with one attached hydrogen (secondary N) is 1. The molecule has 1 aromatic carbocycles. The van der Waals surface area contributed by atoms with Gasteiger partial charge in [-0.05, 0) is 43.2 Å². The SMILES string of the molecule is CCc1cccc(NC(=O)CSc2nnc(-c3cccnc3)n2CC)c1. The van der Waals surface area contributed by atoms with Gasteiger partial charge in [0.05, 0.1) is 5.75 Å². The lowest BCUT2D eigenvalue weighted by molar-refractivity contribution is -0.113. The largest absolute Gasteiger partial charge is 0.325 e. The van der Waals surface area contributed by atoms with E-state index in [1.165, 1.54) is 17.3 Å². The van der Waals surface area contributed by atoms with Crippen LogP contribution in [0.25, 0.3) is 11.4 Å². The molecule has 0 saturated heterocycles. The second kappa shape index (κ2) is 8.62. The number of hydrogen-bond donors (Lipinski definition) is 1. The molecular formula is C19H21N5OS. The highest BCUT2D eigenvalue weighted by Crippen LogP contribution is 2.23. The first-order chi connectivity index (χ1) is 12.7. The Morgan fingerprint density at radius 1 is 1.19 bits per heavy atom. The normalized spacial score (nSPS) is 10.7. The summed E-state index contributed by atoms with van der Waals surface area (Å²) in [6, 6.07) is 11.7. The van der Waals surface area contributed by atoms with Gasteiger partial charge >= 0.3 is 0 Å². The molecule has 26 heavy (non-hydrogen) atoms. The minimum absolute atomic E-state index is 0.0585. The average Bonchev–Trinajstić information content (AvgIpc) is 3.10. The number of pyridine rings is 1. The Bertz CT molecular complexity index is 879. The van der Waals surface area contributed by atoms with E-state index in [9.17, 15) is 4.79 Å². The third-order valence-corrected chi connectivity index (χ3v) is 4.87. The zero-order valence-electron chi connectivity index (χ0n) is 14.8. The van der Waals surface area contributed by atoms with Crippen LogP contribution in [-0.4, -0.2) is 31.4 Å². The van der Waals surface area contributed by atoms with Crippen LogP contribution in [0, 0.1) is 0 Å². The molecule has 0 bridgehead atoms. The maximum Gasteiger partial charge on any atom is 0.234 e. The lowest BCUT2D eigenvalue weighted by Gasteiger charge is -2.08. The molecule has 6 nitrogen and oxygen atoms in total. The standard InChI is InChI=1S/C19H21N5OS/c1-3-14-7-5-9-16(11-14)21-17(25)13-26-19-23-22-18(24(19)4-2)15-8-6-10-20-12-15/h5-12H,3-4,13H2,1-2H3,(H,21,25). The van der Waals surface area contributed by atoms with E-state index in [0.717, 1.165) is 35.2 Å². The summed E-state index contributed by atoms with van der Waals surface area (Å²) in [5.41, 5.74) is 2.93. The van der Waals surface area contributed by atoms with Crippen LogP contribution in [0.5, 0.6) is 0 Å². The van der Waals surface area contributed by atoms with E-state index < -0.39 is 0 Å². The summed E-state index contributed by atoms with van der Waals surface area (Å²) in [5.74, 6) is 0.984. The van der Waals surface area contributed by atoms with Crippen molar-refractivity contribution >= 4 is 23.4 Å². The van der Waals surface area contributed by atoms with Crippen LogP contribution in [0.4, 0.5) is 5.69 Å². The summed E-state index contributed by atoms with van der Waals surface area (Å²) in [5, 5.41) is 12.2. The lowest BCUT2D eigenvalue weighted by Crippen LogP contribution is -2.14. The molecule has 0 aliphatic rings. The Kier molecular flexibility index (Phi) is 6.01. The topological polar surface area (TPSA) is 72.7 Å². The molecule has 0 unspecified atom stereocenters. The summed E-state index contributed by atoms with van der Waals surface area (Å²) < 4.78 is 1.99. The van der Waals surface area contributed by atoms with Crippen LogP contribution in [0.3, 0.4) is 0 Å². The molecule has 0 fully saturated rings. The fourth-order valence-corrected chi connectivity index (χ4v) is 3.39. The highest BCUT2D eigenvalue weighted by Gasteiger charge is 2.14. The number of nitrogens with zero attached hydrogens (tertiary/aromatic N) is 4. The average molecular weight is 367 g/mol. The Hall–Kier alpha value is -2.67. The molecule has 1 amide bonds. The van der Waals surface area contributed by atoms with Gasteiger partial charge in [-0.2, -0.15) is 0 Å². The van der Waals surface area contributed by atoms with Crippen LogP contribution in [-0.2, 0) is 17.8 Å². The number of aromatic nitrogens is 4. The van der Waals surface area contributed by atoms with Gasteiger partial charge in [0, 0.05) is 30.2 Å². The predicted octanol–water partition coefficient (Wildman–Crippen LogP) is 3.65. The third-order valence-electron chi connectivity index (χ3n) is 3.90. The van der Waals surface area contributed by atoms with Crippen molar-refractivity contribution in [1.82, 2.24) is 19.7 Å². The molecule has 3 aromatic rings.